The van der Waals surface area contributed by atoms with E-state index in [1.807, 2.05) is 31.0 Å². The first-order chi connectivity index (χ1) is 7.77. The molecule has 0 bridgehead atoms. The summed E-state index contributed by atoms with van der Waals surface area (Å²) in [5, 5.41) is 8.26. The Kier molecular flexibility index (Phi) is 1.97. The summed E-state index contributed by atoms with van der Waals surface area (Å²) in [4.78, 5) is 4.18. The molecule has 0 spiro atoms. The Hall–Kier alpha value is -1.82. The zero-order valence-corrected chi connectivity index (χ0v) is 9.69. The number of nitrogens with zero attached hydrogens (tertiary/aromatic N) is 5. The first kappa shape index (κ1) is 9.41. The van der Waals surface area contributed by atoms with Gasteiger partial charge in [0.25, 0.3) is 0 Å². The van der Waals surface area contributed by atoms with E-state index >= 15 is 0 Å². The van der Waals surface area contributed by atoms with Gasteiger partial charge in [0.15, 0.2) is 0 Å². The summed E-state index contributed by atoms with van der Waals surface area (Å²) >= 11 is 1.39. The minimum Gasteiger partial charge on any atom is -0.272 e. The quantitative estimate of drug-likeness (QED) is 0.640. The maximum atomic E-state index is 4.24. The topological polar surface area (TPSA) is 56.5 Å². The van der Waals surface area contributed by atoms with Gasteiger partial charge in [0.1, 0.15) is 5.52 Å². The van der Waals surface area contributed by atoms with Crippen molar-refractivity contribution in [2.45, 2.75) is 6.92 Å². The zero-order valence-electron chi connectivity index (χ0n) is 8.88. The van der Waals surface area contributed by atoms with Gasteiger partial charge >= 0.3 is 0 Å². The molecule has 0 fully saturated rings. The fraction of sp³-hybridized carbons (Fsp3) is 0.200. The Morgan fingerprint density at radius 2 is 2.06 bits per heavy atom. The SMILES string of the molecule is Cc1c(-c2cncc3nnsc23)cnn1C. The second-order valence-electron chi connectivity index (χ2n) is 3.58. The van der Waals surface area contributed by atoms with Gasteiger partial charge in [-0.2, -0.15) is 5.10 Å². The largest absolute Gasteiger partial charge is 0.272 e. The normalized spacial score (nSPS) is 11.1. The van der Waals surface area contributed by atoms with Gasteiger partial charge in [-0.3, -0.25) is 9.67 Å². The van der Waals surface area contributed by atoms with E-state index in [2.05, 4.69) is 19.7 Å². The average molecular weight is 231 g/mol. The Bertz CT molecular complexity index is 654. The van der Waals surface area contributed by atoms with Crippen molar-refractivity contribution in [2.75, 3.05) is 0 Å². The van der Waals surface area contributed by atoms with E-state index in [0.717, 1.165) is 27.0 Å². The fourth-order valence-corrected chi connectivity index (χ4v) is 2.32. The van der Waals surface area contributed by atoms with Crippen molar-refractivity contribution >= 4 is 21.7 Å². The number of aryl methyl sites for hydroxylation is 1. The minimum absolute atomic E-state index is 0.839. The Balaban J connectivity index is 2.33. The molecule has 5 nitrogen and oxygen atoms in total. The molecular weight excluding hydrogens is 222 g/mol. The van der Waals surface area contributed by atoms with Crippen molar-refractivity contribution in [3.05, 3.63) is 24.3 Å². The van der Waals surface area contributed by atoms with Crippen molar-refractivity contribution in [1.29, 1.82) is 0 Å². The molecule has 0 aliphatic carbocycles. The van der Waals surface area contributed by atoms with Gasteiger partial charge in [0.05, 0.1) is 17.1 Å². The molecule has 0 amide bonds. The molecule has 0 aliphatic heterocycles. The third-order valence-electron chi connectivity index (χ3n) is 2.68. The van der Waals surface area contributed by atoms with Crippen molar-refractivity contribution in [2.24, 2.45) is 7.05 Å². The summed E-state index contributed by atoms with van der Waals surface area (Å²) in [5.74, 6) is 0. The molecule has 0 N–H and O–H groups in total. The summed E-state index contributed by atoms with van der Waals surface area (Å²) in [5.41, 5.74) is 4.10. The molecule has 3 heterocycles. The molecule has 3 rings (SSSR count). The van der Waals surface area contributed by atoms with Crippen LogP contribution in [-0.4, -0.2) is 24.4 Å². The number of aromatic nitrogens is 5. The lowest BCUT2D eigenvalue weighted by molar-refractivity contribution is 0.740. The summed E-state index contributed by atoms with van der Waals surface area (Å²) < 4.78 is 6.86. The highest BCUT2D eigenvalue weighted by molar-refractivity contribution is 7.13. The molecule has 6 heteroatoms. The van der Waals surface area contributed by atoms with Crippen LogP contribution in [0.5, 0.6) is 0 Å². The Morgan fingerprint density at radius 3 is 2.81 bits per heavy atom. The van der Waals surface area contributed by atoms with Crippen LogP contribution in [0.15, 0.2) is 18.6 Å². The smallest absolute Gasteiger partial charge is 0.124 e. The highest BCUT2D eigenvalue weighted by atomic mass is 32.1. The maximum absolute atomic E-state index is 4.24. The lowest BCUT2D eigenvalue weighted by Crippen LogP contribution is -1.92. The van der Waals surface area contributed by atoms with E-state index in [0.29, 0.717) is 0 Å². The molecule has 0 aliphatic rings. The van der Waals surface area contributed by atoms with Crippen molar-refractivity contribution in [3.8, 4) is 11.1 Å². The highest BCUT2D eigenvalue weighted by Crippen LogP contribution is 2.30. The monoisotopic (exact) mass is 231 g/mol. The minimum atomic E-state index is 0.839. The molecular formula is C10H9N5S. The zero-order chi connectivity index (χ0) is 11.1. The number of rotatable bonds is 1. The summed E-state index contributed by atoms with van der Waals surface area (Å²) in [6.45, 7) is 2.04. The van der Waals surface area contributed by atoms with Crippen molar-refractivity contribution < 1.29 is 0 Å². The van der Waals surface area contributed by atoms with E-state index in [1.54, 1.807) is 6.20 Å². The Labute approximate surface area is 95.9 Å². The van der Waals surface area contributed by atoms with Crippen LogP contribution in [0.3, 0.4) is 0 Å². The second-order valence-corrected chi connectivity index (χ2v) is 4.33. The van der Waals surface area contributed by atoms with Gasteiger partial charge in [0, 0.05) is 30.1 Å². The molecule has 3 aromatic rings. The highest BCUT2D eigenvalue weighted by Gasteiger charge is 2.12. The predicted molar refractivity (Wildman–Crippen MR) is 62.1 cm³/mol. The van der Waals surface area contributed by atoms with Gasteiger partial charge in [-0.25, -0.2) is 0 Å². The predicted octanol–water partition coefficient (Wildman–Crippen LogP) is 1.80. The van der Waals surface area contributed by atoms with Crippen LogP contribution >= 0.6 is 11.5 Å². The van der Waals surface area contributed by atoms with Crippen LogP contribution in [0.25, 0.3) is 21.3 Å². The van der Waals surface area contributed by atoms with E-state index in [1.165, 1.54) is 11.5 Å². The lowest BCUT2D eigenvalue weighted by atomic mass is 10.1. The van der Waals surface area contributed by atoms with E-state index in [-0.39, 0.29) is 0 Å². The molecule has 0 radical (unpaired) electrons. The molecule has 0 unspecified atom stereocenters. The van der Waals surface area contributed by atoms with E-state index in [9.17, 15) is 0 Å². The number of fused-ring (bicyclic) bond motifs is 1. The summed E-state index contributed by atoms with van der Waals surface area (Å²) in [6.07, 6.45) is 5.42. The van der Waals surface area contributed by atoms with Crippen molar-refractivity contribution in [1.82, 2.24) is 24.4 Å². The van der Waals surface area contributed by atoms with Gasteiger partial charge < -0.3 is 0 Å². The summed E-state index contributed by atoms with van der Waals surface area (Å²) in [6, 6.07) is 0. The first-order valence-corrected chi connectivity index (χ1v) is 5.60. The molecule has 0 atom stereocenters. The molecule has 0 aromatic carbocycles. The van der Waals surface area contributed by atoms with Crippen LogP contribution in [0.4, 0.5) is 0 Å². The van der Waals surface area contributed by atoms with Crippen LogP contribution in [0.2, 0.25) is 0 Å². The Morgan fingerprint density at radius 1 is 1.19 bits per heavy atom. The van der Waals surface area contributed by atoms with Crippen LogP contribution in [0.1, 0.15) is 5.69 Å². The molecule has 0 saturated carbocycles. The van der Waals surface area contributed by atoms with E-state index < -0.39 is 0 Å². The standard InChI is InChI=1S/C10H9N5S/c1-6-7(4-12-15(6)2)8-3-11-5-9-10(8)16-14-13-9/h3-5H,1-2H3. The third kappa shape index (κ3) is 1.23. The van der Waals surface area contributed by atoms with Crippen LogP contribution in [-0.2, 0) is 7.05 Å². The second kappa shape index (κ2) is 3.34. The number of pyridine rings is 1. The maximum Gasteiger partial charge on any atom is 0.124 e. The van der Waals surface area contributed by atoms with Crippen molar-refractivity contribution in [3.63, 3.8) is 0 Å². The number of hydrogen-bond acceptors (Lipinski definition) is 5. The van der Waals surface area contributed by atoms with Gasteiger partial charge in [-0.05, 0) is 18.5 Å². The van der Waals surface area contributed by atoms with E-state index in [4.69, 9.17) is 0 Å². The molecule has 3 aromatic heterocycles. The lowest BCUT2D eigenvalue weighted by Gasteiger charge is -2.00. The average Bonchev–Trinajstić information content (AvgIpc) is 2.87. The summed E-state index contributed by atoms with van der Waals surface area (Å²) in [7, 11) is 1.93. The van der Waals surface area contributed by atoms with Gasteiger partial charge in [0.2, 0.25) is 0 Å². The third-order valence-corrected chi connectivity index (χ3v) is 3.46. The fourth-order valence-electron chi connectivity index (χ4n) is 1.66. The molecule has 0 saturated heterocycles. The number of hydrogen-bond donors (Lipinski definition) is 0. The first-order valence-electron chi connectivity index (χ1n) is 4.82. The molecule has 16 heavy (non-hydrogen) atoms. The van der Waals surface area contributed by atoms with Crippen LogP contribution < -0.4 is 0 Å². The van der Waals surface area contributed by atoms with Crippen LogP contribution in [0, 0.1) is 6.92 Å². The van der Waals surface area contributed by atoms with Gasteiger partial charge in [-0.15, -0.1) is 5.10 Å². The van der Waals surface area contributed by atoms with Gasteiger partial charge in [-0.1, -0.05) is 4.49 Å². The molecule has 80 valence electrons.